The molecule has 0 heterocycles. The number of hydrogen-bond donors (Lipinski definition) is 1. The molecule has 0 atom stereocenters. The molecule has 2 N–H and O–H groups in total. The Hall–Kier alpha value is 0.648. The van der Waals surface area contributed by atoms with Gasteiger partial charge >= 0.3 is 21.1 Å². The molecule has 0 aliphatic rings. The largest absolute Gasteiger partial charge is 4.00 e. The molecule has 0 bridgehead atoms. The van der Waals surface area contributed by atoms with Crippen LogP contribution in [0.15, 0.2) is 0 Å². The van der Waals surface area contributed by atoms with E-state index < -0.39 is 0 Å². The average molecular weight is 254 g/mol. The van der Waals surface area contributed by atoms with E-state index in [0.29, 0.717) is 6.04 Å². The topological polar surface area (TPSA) is 26.0 Å². The van der Waals surface area contributed by atoms with E-state index in [9.17, 15) is 0 Å². The van der Waals surface area contributed by atoms with Crippen molar-refractivity contribution in [3.8, 4) is 0 Å². The Morgan fingerprint density at radius 3 is 1.40 bits per heavy atom. The van der Waals surface area contributed by atoms with E-state index in [1.165, 1.54) is 0 Å². The van der Waals surface area contributed by atoms with E-state index in [1.54, 1.807) is 0 Å². The van der Waals surface area contributed by atoms with Crippen molar-refractivity contribution in [3.05, 3.63) is 0 Å². The van der Waals surface area contributed by atoms with E-state index in [0.717, 1.165) is 0 Å². The van der Waals surface area contributed by atoms with Gasteiger partial charge in [0.2, 0.25) is 0 Å². The minimum Gasteiger partial charge on any atom is -0.328 e. The minimum absolute atomic E-state index is 0. The summed E-state index contributed by atoms with van der Waals surface area (Å²) in [6.07, 6.45) is 0. The molecule has 0 aromatic rings. The van der Waals surface area contributed by atoms with Gasteiger partial charge in [-0.05, 0) is 6.04 Å². The zero-order valence-electron chi connectivity index (χ0n) is 3.47. The second kappa shape index (κ2) is 4.65. The quantitative estimate of drug-likeness (QED) is 0.663. The maximum atomic E-state index is 5.11. The molecule has 5 heavy (non-hydrogen) atoms. The molecule has 0 saturated carbocycles. The van der Waals surface area contributed by atoms with Crippen molar-refractivity contribution in [2.75, 3.05) is 0 Å². The Balaban J connectivity index is 0. The van der Waals surface area contributed by atoms with Crippen molar-refractivity contribution in [3.63, 3.8) is 0 Å². The van der Waals surface area contributed by atoms with E-state index in [1.807, 2.05) is 13.8 Å². The zero-order valence-corrected chi connectivity index (χ0v) is 5.74. The third kappa shape index (κ3) is 77.6. The molecule has 0 aromatic carbocycles. The summed E-state index contributed by atoms with van der Waals surface area (Å²) in [6, 6.07) is 0.333. The van der Waals surface area contributed by atoms with Gasteiger partial charge in [0.1, 0.15) is 0 Å². The summed E-state index contributed by atoms with van der Waals surface area (Å²) in [5.41, 5.74) is 5.11. The van der Waals surface area contributed by atoms with E-state index in [-0.39, 0.29) is 21.1 Å². The predicted molar refractivity (Wildman–Crippen MR) is 19.3 cm³/mol. The van der Waals surface area contributed by atoms with Crippen molar-refractivity contribution in [1.29, 1.82) is 0 Å². The molecular formula is C3H9NPt+4. The fourth-order valence-corrected chi connectivity index (χ4v) is 0. The molecule has 0 amide bonds. The molecule has 2 heteroatoms. The molecule has 0 spiro atoms. The van der Waals surface area contributed by atoms with E-state index >= 15 is 0 Å². The van der Waals surface area contributed by atoms with Crippen molar-refractivity contribution in [1.82, 2.24) is 0 Å². The van der Waals surface area contributed by atoms with Crippen LogP contribution >= 0.6 is 0 Å². The van der Waals surface area contributed by atoms with Gasteiger partial charge in [-0.15, -0.1) is 0 Å². The predicted octanol–water partition coefficient (Wildman–Crippen LogP) is 0.351. The van der Waals surface area contributed by atoms with Gasteiger partial charge in [-0.25, -0.2) is 0 Å². The summed E-state index contributed by atoms with van der Waals surface area (Å²) in [6.45, 7) is 3.89. The van der Waals surface area contributed by atoms with Gasteiger partial charge in [-0.3, -0.25) is 0 Å². The molecular weight excluding hydrogens is 245 g/mol. The Kier molecular flexibility index (Phi) is 8.52. The summed E-state index contributed by atoms with van der Waals surface area (Å²) in [7, 11) is 0. The van der Waals surface area contributed by atoms with Crippen LogP contribution in [0.2, 0.25) is 0 Å². The van der Waals surface area contributed by atoms with Crippen LogP contribution in [-0.2, 0) is 21.1 Å². The van der Waals surface area contributed by atoms with E-state index in [4.69, 9.17) is 5.73 Å². The number of nitrogens with two attached hydrogens (primary N) is 1. The van der Waals surface area contributed by atoms with Crippen LogP contribution in [0, 0.1) is 0 Å². The molecule has 0 saturated heterocycles. The summed E-state index contributed by atoms with van der Waals surface area (Å²) >= 11 is 0. The van der Waals surface area contributed by atoms with Crippen molar-refractivity contribution >= 4 is 0 Å². The van der Waals surface area contributed by atoms with Crippen molar-refractivity contribution in [2.24, 2.45) is 5.73 Å². The Bertz CT molecular complexity index is 11.6. The van der Waals surface area contributed by atoms with Crippen LogP contribution in [-0.4, -0.2) is 6.04 Å². The van der Waals surface area contributed by atoms with Crippen molar-refractivity contribution in [2.45, 2.75) is 19.9 Å². The Morgan fingerprint density at radius 2 is 1.40 bits per heavy atom. The standard InChI is InChI=1S/C3H9N.Pt/c1-3(2)4;/h3H,4H2,1-2H3;/q;+4. The van der Waals surface area contributed by atoms with E-state index in [2.05, 4.69) is 0 Å². The van der Waals surface area contributed by atoms with Gasteiger partial charge in [0.25, 0.3) is 0 Å². The van der Waals surface area contributed by atoms with Crippen LogP contribution in [0.5, 0.6) is 0 Å². The zero-order chi connectivity index (χ0) is 3.58. The van der Waals surface area contributed by atoms with Gasteiger partial charge in [0.05, 0.1) is 0 Å². The second-order valence-corrected chi connectivity index (χ2v) is 1.24. The fraction of sp³-hybridized carbons (Fsp3) is 1.00. The van der Waals surface area contributed by atoms with Crippen LogP contribution in [0.1, 0.15) is 13.8 Å². The third-order valence-electron chi connectivity index (χ3n) is 0. The molecule has 0 rings (SSSR count). The van der Waals surface area contributed by atoms with Gasteiger partial charge in [-0.2, -0.15) is 0 Å². The first kappa shape index (κ1) is 9.17. The Morgan fingerprint density at radius 1 is 1.40 bits per heavy atom. The smallest absolute Gasteiger partial charge is 0.328 e. The SMILES string of the molecule is CC(C)N.[Pt+4]. The Labute approximate surface area is 47.2 Å². The molecule has 32 valence electrons. The van der Waals surface area contributed by atoms with Crippen molar-refractivity contribution < 1.29 is 21.1 Å². The van der Waals surface area contributed by atoms with Crippen LogP contribution in [0.25, 0.3) is 0 Å². The minimum atomic E-state index is 0. The van der Waals surface area contributed by atoms with Crippen LogP contribution in [0.3, 0.4) is 0 Å². The first-order valence-corrected chi connectivity index (χ1v) is 1.49. The molecule has 0 aliphatic carbocycles. The maximum Gasteiger partial charge on any atom is 4.00 e. The molecule has 0 unspecified atom stereocenters. The number of rotatable bonds is 0. The normalized spacial score (nSPS) is 7.20. The molecule has 0 fully saturated rings. The first-order valence-electron chi connectivity index (χ1n) is 1.49. The summed E-state index contributed by atoms with van der Waals surface area (Å²) in [4.78, 5) is 0. The summed E-state index contributed by atoms with van der Waals surface area (Å²) in [5.74, 6) is 0. The van der Waals surface area contributed by atoms with Gasteiger partial charge < -0.3 is 5.73 Å². The van der Waals surface area contributed by atoms with Gasteiger partial charge in [0.15, 0.2) is 0 Å². The van der Waals surface area contributed by atoms with Crippen LogP contribution < -0.4 is 5.73 Å². The average Bonchev–Trinajstić information content (AvgIpc) is 0.811. The molecule has 0 aliphatic heterocycles. The first-order chi connectivity index (χ1) is 1.73. The maximum absolute atomic E-state index is 5.11. The number of hydrogen-bond acceptors (Lipinski definition) is 1. The molecule has 0 aromatic heterocycles. The molecule has 0 radical (unpaired) electrons. The van der Waals surface area contributed by atoms with Gasteiger partial charge in [-0.1, -0.05) is 13.8 Å². The summed E-state index contributed by atoms with van der Waals surface area (Å²) in [5, 5.41) is 0. The van der Waals surface area contributed by atoms with Crippen LogP contribution in [0.4, 0.5) is 0 Å². The monoisotopic (exact) mass is 254 g/mol. The second-order valence-electron chi connectivity index (χ2n) is 1.24. The third-order valence-corrected chi connectivity index (χ3v) is 0. The van der Waals surface area contributed by atoms with Gasteiger partial charge in [0, 0.05) is 0 Å². The fourth-order valence-electron chi connectivity index (χ4n) is 0. The summed E-state index contributed by atoms with van der Waals surface area (Å²) < 4.78 is 0. The molecule has 1 nitrogen and oxygen atoms in total.